The van der Waals surface area contributed by atoms with Crippen molar-refractivity contribution in [2.45, 2.75) is 27.3 Å². The minimum absolute atomic E-state index is 0.0664. The third kappa shape index (κ3) is 5.18. The van der Waals surface area contributed by atoms with Gasteiger partial charge in [-0.2, -0.15) is 0 Å². The predicted octanol–water partition coefficient (Wildman–Crippen LogP) is 1.04. The summed E-state index contributed by atoms with van der Waals surface area (Å²) in [5.74, 6) is 0.384. The van der Waals surface area contributed by atoms with E-state index in [-0.39, 0.29) is 5.75 Å². The van der Waals surface area contributed by atoms with Gasteiger partial charge in [-0.25, -0.2) is 13.1 Å². The number of phenolic OH excluding ortho intramolecular Hbond substituents is 1. The van der Waals surface area contributed by atoms with Crippen LogP contribution in [0.15, 0.2) is 12.1 Å². The lowest BCUT2D eigenvalue weighted by molar-refractivity contribution is 0.466. The fourth-order valence-electron chi connectivity index (χ4n) is 1.88. The first-order chi connectivity index (χ1) is 8.85. The second kappa shape index (κ2) is 6.88. The molecule has 0 bridgehead atoms. The first-order valence-corrected chi connectivity index (χ1v) is 7.98. The number of aryl methyl sites for hydroxylation is 2. The van der Waals surface area contributed by atoms with Crippen molar-refractivity contribution >= 4 is 10.0 Å². The Labute approximate surface area is 115 Å². The minimum atomic E-state index is -3.16. The van der Waals surface area contributed by atoms with Gasteiger partial charge < -0.3 is 10.4 Å². The quantitative estimate of drug-likeness (QED) is 0.654. The standard InChI is InChI=1S/C13H22N2O3S/c1-4-15-19(17,18)6-5-14-9-12-7-10(2)13(16)11(3)8-12/h7-8,14-16H,4-6,9H2,1-3H3. The summed E-state index contributed by atoms with van der Waals surface area (Å²) in [4.78, 5) is 0. The number of benzene rings is 1. The van der Waals surface area contributed by atoms with Crippen molar-refractivity contribution in [2.24, 2.45) is 0 Å². The molecule has 0 aromatic heterocycles. The van der Waals surface area contributed by atoms with Crippen LogP contribution < -0.4 is 10.0 Å². The maximum atomic E-state index is 11.4. The van der Waals surface area contributed by atoms with Crippen LogP contribution in [0.1, 0.15) is 23.6 Å². The molecule has 0 saturated heterocycles. The largest absolute Gasteiger partial charge is 0.507 e. The Balaban J connectivity index is 2.46. The molecule has 0 fully saturated rings. The molecule has 0 saturated carbocycles. The molecule has 6 heteroatoms. The van der Waals surface area contributed by atoms with Crippen molar-refractivity contribution in [1.29, 1.82) is 0 Å². The smallest absolute Gasteiger partial charge is 0.212 e. The summed E-state index contributed by atoms with van der Waals surface area (Å²) in [5.41, 5.74) is 2.70. The first-order valence-electron chi connectivity index (χ1n) is 6.33. The molecule has 0 aliphatic rings. The van der Waals surface area contributed by atoms with Gasteiger partial charge in [-0.1, -0.05) is 19.1 Å². The molecule has 19 heavy (non-hydrogen) atoms. The molecule has 3 N–H and O–H groups in total. The summed E-state index contributed by atoms with van der Waals surface area (Å²) in [6.45, 7) is 6.85. The SMILES string of the molecule is CCNS(=O)(=O)CCNCc1cc(C)c(O)c(C)c1. The lowest BCUT2D eigenvalue weighted by atomic mass is 10.1. The summed E-state index contributed by atoms with van der Waals surface area (Å²) in [6, 6.07) is 3.79. The number of aromatic hydroxyl groups is 1. The van der Waals surface area contributed by atoms with Gasteiger partial charge >= 0.3 is 0 Å². The number of hydrogen-bond donors (Lipinski definition) is 3. The lowest BCUT2D eigenvalue weighted by Gasteiger charge is -2.09. The van der Waals surface area contributed by atoms with Gasteiger partial charge in [0.15, 0.2) is 0 Å². The van der Waals surface area contributed by atoms with Gasteiger partial charge in [0.1, 0.15) is 5.75 Å². The highest BCUT2D eigenvalue weighted by Gasteiger charge is 2.07. The summed E-state index contributed by atoms with van der Waals surface area (Å²) in [7, 11) is -3.16. The van der Waals surface area contributed by atoms with Crippen LogP contribution >= 0.6 is 0 Å². The molecular weight excluding hydrogens is 264 g/mol. The van der Waals surface area contributed by atoms with Crippen molar-refractivity contribution in [3.63, 3.8) is 0 Å². The summed E-state index contributed by atoms with van der Waals surface area (Å²) >= 11 is 0. The second-order valence-electron chi connectivity index (χ2n) is 4.57. The van der Waals surface area contributed by atoms with E-state index in [2.05, 4.69) is 10.0 Å². The van der Waals surface area contributed by atoms with E-state index in [0.717, 1.165) is 16.7 Å². The van der Waals surface area contributed by atoms with Crippen LogP contribution in [0, 0.1) is 13.8 Å². The van der Waals surface area contributed by atoms with Gasteiger partial charge in [0.05, 0.1) is 5.75 Å². The van der Waals surface area contributed by atoms with Crippen LogP contribution in [0.25, 0.3) is 0 Å². The predicted molar refractivity (Wildman–Crippen MR) is 76.8 cm³/mol. The van der Waals surface area contributed by atoms with Crippen molar-refractivity contribution in [1.82, 2.24) is 10.0 Å². The van der Waals surface area contributed by atoms with Crippen molar-refractivity contribution in [3.05, 3.63) is 28.8 Å². The number of sulfonamides is 1. The monoisotopic (exact) mass is 286 g/mol. The molecule has 5 nitrogen and oxygen atoms in total. The van der Waals surface area contributed by atoms with Gasteiger partial charge in [0.2, 0.25) is 10.0 Å². The molecule has 1 aromatic carbocycles. The van der Waals surface area contributed by atoms with E-state index < -0.39 is 10.0 Å². The molecule has 0 radical (unpaired) electrons. The van der Waals surface area contributed by atoms with Gasteiger partial charge in [0, 0.05) is 19.6 Å². The maximum Gasteiger partial charge on any atom is 0.212 e. The third-order valence-corrected chi connectivity index (χ3v) is 4.26. The number of phenols is 1. The Bertz CT molecular complexity index is 504. The second-order valence-corrected chi connectivity index (χ2v) is 6.50. The average molecular weight is 286 g/mol. The van der Waals surface area contributed by atoms with E-state index in [4.69, 9.17) is 0 Å². The van der Waals surface area contributed by atoms with E-state index >= 15 is 0 Å². The fourth-order valence-corrected chi connectivity index (χ4v) is 2.88. The number of nitrogens with one attached hydrogen (secondary N) is 2. The molecule has 0 amide bonds. The molecule has 108 valence electrons. The summed E-state index contributed by atoms with van der Waals surface area (Å²) in [6.07, 6.45) is 0. The fraction of sp³-hybridized carbons (Fsp3) is 0.538. The van der Waals surface area contributed by atoms with E-state index in [1.165, 1.54) is 0 Å². The van der Waals surface area contributed by atoms with Gasteiger partial charge in [-0.3, -0.25) is 0 Å². The van der Waals surface area contributed by atoms with Crippen molar-refractivity contribution < 1.29 is 13.5 Å². The Hall–Kier alpha value is -1.11. The maximum absolute atomic E-state index is 11.4. The highest BCUT2D eigenvalue weighted by molar-refractivity contribution is 7.89. The normalized spacial score (nSPS) is 11.7. The zero-order valence-corrected chi connectivity index (χ0v) is 12.5. The Morgan fingerprint density at radius 2 is 1.79 bits per heavy atom. The molecule has 0 atom stereocenters. The molecule has 0 unspecified atom stereocenters. The summed E-state index contributed by atoms with van der Waals surface area (Å²) < 4.78 is 25.3. The number of hydrogen-bond acceptors (Lipinski definition) is 4. The van der Waals surface area contributed by atoms with Gasteiger partial charge in [0.25, 0.3) is 0 Å². The zero-order chi connectivity index (χ0) is 14.5. The van der Waals surface area contributed by atoms with Crippen LogP contribution in [-0.2, 0) is 16.6 Å². The zero-order valence-electron chi connectivity index (χ0n) is 11.7. The van der Waals surface area contributed by atoms with Crippen LogP contribution in [0.3, 0.4) is 0 Å². The van der Waals surface area contributed by atoms with Crippen LogP contribution in [-0.4, -0.2) is 32.4 Å². The molecule has 1 rings (SSSR count). The Morgan fingerprint density at radius 3 is 2.32 bits per heavy atom. The summed E-state index contributed by atoms with van der Waals surface area (Å²) in [5, 5.41) is 12.7. The highest BCUT2D eigenvalue weighted by atomic mass is 32.2. The third-order valence-electron chi connectivity index (χ3n) is 2.79. The molecule has 0 spiro atoms. The van der Waals surface area contributed by atoms with Gasteiger partial charge in [-0.15, -0.1) is 0 Å². The number of rotatable bonds is 7. The Morgan fingerprint density at radius 1 is 1.21 bits per heavy atom. The van der Waals surface area contributed by atoms with Crippen LogP contribution in [0.5, 0.6) is 5.75 Å². The van der Waals surface area contributed by atoms with Crippen molar-refractivity contribution in [3.8, 4) is 5.75 Å². The highest BCUT2D eigenvalue weighted by Crippen LogP contribution is 2.22. The molecule has 0 aliphatic carbocycles. The van der Waals surface area contributed by atoms with E-state index in [1.807, 2.05) is 26.0 Å². The van der Waals surface area contributed by atoms with Crippen molar-refractivity contribution in [2.75, 3.05) is 18.8 Å². The molecule has 0 aliphatic heterocycles. The van der Waals surface area contributed by atoms with Gasteiger partial charge in [-0.05, 0) is 30.5 Å². The van der Waals surface area contributed by atoms with E-state index in [9.17, 15) is 13.5 Å². The van der Waals surface area contributed by atoms with Crippen LogP contribution in [0.4, 0.5) is 0 Å². The van der Waals surface area contributed by atoms with E-state index in [1.54, 1.807) is 6.92 Å². The first kappa shape index (κ1) is 15.9. The van der Waals surface area contributed by atoms with Crippen LogP contribution in [0.2, 0.25) is 0 Å². The average Bonchev–Trinajstić information content (AvgIpc) is 2.31. The minimum Gasteiger partial charge on any atom is -0.507 e. The van der Waals surface area contributed by atoms with E-state index in [0.29, 0.717) is 25.4 Å². The molecule has 0 heterocycles. The Kier molecular flexibility index (Phi) is 5.78. The topological polar surface area (TPSA) is 78.4 Å². The molecule has 1 aromatic rings. The lowest BCUT2D eigenvalue weighted by Crippen LogP contribution is -2.31. The molecular formula is C13H22N2O3S.